The second kappa shape index (κ2) is 4.47. The molecule has 0 radical (unpaired) electrons. The second-order valence-electron chi connectivity index (χ2n) is 6.13. The monoisotopic (exact) mass is 270 g/mol. The van der Waals surface area contributed by atoms with Crippen molar-refractivity contribution in [1.82, 2.24) is 9.55 Å². The Morgan fingerprint density at radius 3 is 2.25 bits per heavy atom. The quantitative estimate of drug-likeness (QED) is 0.785. The first kappa shape index (κ1) is 13.4. The predicted octanol–water partition coefficient (Wildman–Crippen LogP) is 2.17. The van der Waals surface area contributed by atoms with Crippen molar-refractivity contribution in [2.75, 3.05) is 0 Å². The highest BCUT2D eigenvalue weighted by Crippen LogP contribution is 2.36. The fourth-order valence-electron chi connectivity index (χ4n) is 2.19. The van der Waals surface area contributed by atoms with Gasteiger partial charge in [0.05, 0.1) is 11.2 Å². The van der Waals surface area contributed by atoms with Crippen LogP contribution in [0.25, 0.3) is 5.82 Å². The summed E-state index contributed by atoms with van der Waals surface area (Å²) in [6.45, 7) is 8.23. The van der Waals surface area contributed by atoms with Crippen molar-refractivity contribution in [3.05, 3.63) is 42.9 Å². The fraction of sp³-hybridized carbons (Fsp3) is 0.400. The van der Waals surface area contributed by atoms with Crippen molar-refractivity contribution in [2.24, 2.45) is 0 Å². The van der Waals surface area contributed by atoms with E-state index >= 15 is 0 Å². The molecule has 0 atom stereocenters. The number of hydrogen-bond acceptors (Lipinski definition) is 3. The van der Waals surface area contributed by atoms with Crippen molar-refractivity contribution >= 4 is 12.6 Å². The Labute approximate surface area is 119 Å². The third-order valence-corrected chi connectivity index (χ3v) is 4.16. The van der Waals surface area contributed by atoms with E-state index in [4.69, 9.17) is 9.31 Å². The molecule has 104 valence electrons. The summed E-state index contributed by atoms with van der Waals surface area (Å²) in [6, 6.07) is 7.89. The molecule has 1 aliphatic rings. The second-order valence-corrected chi connectivity index (χ2v) is 6.13. The predicted molar refractivity (Wildman–Crippen MR) is 79.3 cm³/mol. The molecule has 0 unspecified atom stereocenters. The Morgan fingerprint density at radius 1 is 1.05 bits per heavy atom. The van der Waals surface area contributed by atoms with Gasteiger partial charge in [0.15, 0.2) is 0 Å². The number of pyridine rings is 1. The van der Waals surface area contributed by atoms with Crippen LogP contribution in [0.1, 0.15) is 27.7 Å². The first-order valence-electron chi connectivity index (χ1n) is 6.84. The highest BCUT2D eigenvalue weighted by Gasteiger charge is 2.51. The van der Waals surface area contributed by atoms with E-state index in [0.717, 1.165) is 11.3 Å². The topological polar surface area (TPSA) is 36.3 Å². The molecule has 0 saturated carbocycles. The lowest BCUT2D eigenvalue weighted by Crippen LogP contribution is -2.41. The van der Waals surface area contributed by atoms with Crippen LogP contribution in [0.3, 0.4) is 0 Å². The molecule has 0 N–H and O–H groups in total. The van der Waals surface area contributed by atoms with Crippen LogP contribution >= 0.6 is 0 Å². The molecule has 20 heavy (non-hydrogen) atoms. The van der Waals surface area contributed by atoms with Gasteiger partial charge >= 0.3 is 7.12 Å². The van der Waals surface area contributed by atoms with Gasteiger partial charge in [-0.25, -0.2) is 4.98 Å². The normalized spacial score (nSPS) is 20.3. The maximum absolute atomic E-state index is 6.06. The molecule has 3 rings (SSSR count). The van der Waals surface area contributed by atoms with Gasteiger partial charge in [-0.2, -0.15) is 0 Å². The van der Waals surface area contributed by atoms with Crippen LogP contribution in [0.15, 0.2) is 42.9 Å². The Hall–Kier alpha value is -1.59. The standard InChI is InChI=1S/C15H19BN2O2/c1-14(2)15(3,4)20-16(19-14)12-7-8-17-13(11-12)18-9-5-6-10-18/h5-11H,1-4H3. The third-order valence-electron chi connectivity index (χ3n) is 4.16. The summed E-state index contributed by atoms with van der Waals surface area (Å²) < 4.78 is 14.1. The number of aromatic nitrogens is 2. The lowest BCUT2D eigenvalue weighted by Gasteiger charge is -2.32. The molecule has 0 amide bonds. The molecule has 0 bridgehead atoms. The number of nitrogens with zero attached hydrogens (tertiary/aromatic N) is 2. The zero-order chi connectivity index (χ0) is 14.4. The summed E-state index contributed by atoms with van der Waals surface area (Å²) in [7, 11) is -0.350. The van der Waals surface area contributed by atoms with E-state index in [-0.39, 0.29) is 18.3 Å². The molecule has 4 nitrogen and oxygen atoms in total. The van der Waals surface area contributed by atoms with Gasteiger partial charge in [-0.3, -0.25) is 0 Å². The van der Waals surface area contributed by atoms with Gasteiger partial charge in [-0.1, -0.05) is 0 Å². The zero-order valence-corrected chi connectivity index (χ0v) is 12.3. The van der Waals surface area contributed by atoms with Crippen molar-refractivity contribution in [1.29, 1.82) is 0 Å². The van der Waals surface area contributed by atoms with E-state index in [1.54, 1.807) is 6.20 Å². The maximum Gasteiger partial charge on any atom is 0.495 e. The minimum absolute atomic E-state index is 0.325. The lowest BCUT2D eigenvalue weighted by atomic mass is 9.80. The van der Waals surface area contributed by atoms with E-state index in [0.29, 0.717) is 0 Å². The van der Waals surface area contributed by atoms with E-state index in [1.807, 2.05) is 41.2 Å². The van der Waals surface area contributed by atoms with E-state index in [1.165, 1.54) is 0 Å². The third kappa shape index (κ3) is 2.17. The fourth-order valence-corrected chi connectivity index (χ4v) is 2.19. The molecule has 2 aromatic rings. The summed E-state index contributed by atoms with van der Waals surface area (Å²) in [6.07, 6.45) is 5.72. The molecule has 0 aromatic carbocycles. The molecule has 5 heteroatoms. The smallest absolute Gasteiger partial charge is 0.399 e. The van der Waals surface area contributed by atoms with Crippen LogP contribution < -0.4 is 5.46 Å². The summed E-state index contributed by atoms with van der Waals surface area (Å²) in [5.74, 6) is 0.863. The van der Waals surface area contributed by atoms with Gasteiger partial charge in [0.25, 0.3) is 0 Å². The van der Waals surface area contributed by atoms with Gasteiger partial charge < -0.3 is 13.9 Å². The van der Waals surface area contributed by atoms with Crippen LogP contribution in [-0.4, -0.2) is 27.9 Å². The van der Waals surface area contributed by atoms with Gasteiger partial charge in [-0.05, 0) is 57.4 Å². The maximum atomic E-state index is 6.06. The van der Waals surface area contributed by atoms with E-state index < -0.39 is 0 Å². The average molecular weight is 270 g/mol. The van der Waals surface area contributed by atoms with Crippen molar-refractivity contribution in [3.8, 4) is 5.82 Å². The Balaban J connectivity index is 1.91. The molecule has 3 heterocycles. The molecule has 2 aromatic heterocycles. The molecule has 1 aliphatic heterocycles. The van der Waals surface area contributed by atoms with Gasteiger partial charge in [0.1, 0.15) is 5.82 Å². The van der Waals surface area contributed by atoms with Gasteiger partial charge in [0.2, 0.25) is 0 Å². The van der Waals surface area contributed by atoms with Crippen molar-refractivity contribution < 1.29 is 9.31 Å². The molecular formula is C15H19BN2O2. The first-order valence-corrected chi connectivity index (χ1v) is 6.84. The van der Waals surface area contributed by atoms with Crippen LogP contribution in [-0.2, 0) is 9.31 Å². The Bertz CT molecular complexity index is 592. The van der Waals surface area contributed by atoms with Crippen LogP contribution in [0.5, 0.6) is 0 Å². The van der Waals surface area contributed by atoms with E-state index in [2.05, 4.69) is 32.7 Å². The first-order chi connectivity index (χ1) is 9.39. The van der Waals surface area contributed by atoms with Crippen LogP contribution in [0, 0.1) is 0 Å². The molecule has 0 aliphatic carbocycles. The summed E-state index contributed by atoms with van der Waals surface area (Å²) in [5, 5.41) is 0. The Morgan fingerprint density at radius 2 is 1.65 bits per heavy atom. The van der Waals surface area contributed by atoms with Crippen molar-refractivity contribution in [3.63, 3.8) is 0 Å². The highest BCUT2D eigenvalue weighted by molar-refractivity contribution is 6.62. The molecule has 1 saturated heterocycles. The van der Waals surface area contributed by atoms with Gasteiger partial charge in [0, 0.05) is 18.6 Å². The molecular weight excluding hydrogens is 251 g/mol. The molecule has 1 fully saturated rings. The summed E-state index contributed by atoms with van der Waals surface area (Å²) in [5.41, 5.74) is 0.339. The Kier molecular flexibility index (Phi) is 2.99. The largest absolute Gasteiger partial charge is 0.495 e. The highest BCUT2D eigenvalue weighted by atomic mass is 16.7. The van der Waals surface area contributed by atoms with Crippen LogP contribution in [0.4, 0.5) is 0 Å². The number of rotatable bonds is 2. The minimum Gasteiger partial charge on any atom is -0.399 e. The van der Waals surface area contributed by atoms with E-state index in [9.17, 15) is 0 Å². The minimum atomic E-state index is -0.350. The average Bonchev–Trinajstić information content (AvgIpc) is 2.97. The van der Waals surface area contributed by atoms with Crippen LogP contribution in [0.2, 0.25) is 0 Å². The van der Waals surface area contributed by atoms with Gasteiger partial charge in [-0.15, -0.1) is 0 Å². The SMILES string of the molecule is CC1(C)OB(c2ccnc(-n3cccc3)c2)OC1(C)C. The van der Waals surface area contributed by atoms with Crippen molar-refractivity contribution in [2.45, 2.75) is 38.9 Å². The summed E-state index contributed by atoms with van der Waals surface area (Å²) >= 11 is 0. The number of hydrogen-bond donors (Lipinski definition) is 0. The lowest BCUT2D eigenvalue weighted by molar-refractivity contribution is 0.00578. The summed E-state index contributed by atoms with van der Waals surface area (Å²) in [4.78, 5) is 4.38. The molecule has 0 spiro atoms. The zero-order valence-electron chi connectivity index (χ0n) is 12.3.